The zero-order valence-corrected chi connectivity index (χ0v) is 12.8. The van der Waals surface area contributed by atoms with E-state index in [0.717, 1.165) is 38.4 Å². The van der Waals surface area contributed by atoms with Crippen molar-refractivity contribution in [3.8, 4) is 0 Å². The van der Waals surface area contributed by atoms with Crippen molar-refractivity contribution < 1.29 is 0 Å². The van der Waals surface area contributed by atoms with Gasteiger partial charge in [0, 0.05) is 56.5 Å². The van der Waals surface area contributed by atoms with Gasteiger partial charge in [-0.15, -0.1) is 0 Å². The van der Waals surface area contributed by atoms with E-state index >= 15 is 0 Å². The summed E-state index contributed by atoms with van der Waals surface area (Å²) in [5.74, 6) is 0. The highest BCUT2D eigenvalue weighted by molar-refractivity contribution is 5.51. The van der Waals surface area contributed by atoms with Crippen LogP contribution in [0.15, 0.2) is 36.7 Å². The van der Waals surface area contributed by atoms with E-state index in [4.69, 9.17) is 0 Å². The molecule has 0 radical (unpaired) electrons. The molecule has 1 aliphatic heterocycles. The Hall–Kier alpha value is -1.94. The fourth-order valence-corrected chi connectivity index (χ4v) is 2.88. The van der Waals surface area contributed by atoms with Crippen LogP contribution in [0.3, 0.4) is 0 Å². The van der Waals surface area contributed by atoms with Crippen LogP contribution in [0, 0.1) is 13.8 Å². The maximum absolute atomic E-state index is 4.60. The highest BCUT2D eigenvalue weighted by Crippen LogP contribution is 2.20. The van der Waals surface area contributed by atoms with E-state index in [0.29, 0.717) is 0 Å². The lowest BCUT2D eigenvalue weighted by Gasteiger charge is -2.36. The largest absolute Gasteiger partial charge is 0.369 e. The first-order valence-corrected chi connectivity index (χ1v) is 7.53. The molecule has 0 N–H and O–H groups in total. The number of piperazine rings is 1. The van der Waals surface area contributed by atoms with Crippen molar-refractivity contribution in [2.75, 3.05) is 31.1 Å². The van der Waals surface area contributed by atoms with Crippen LogP contribution in [0.25, 0.3) is 0 Å². The summed E-state index contributed by atoms with van der Waals surface area (Å²) in [5, 5.41) is 0. The Kier molecular flexibility index (Phi) is 4.15. The van der Waals surface area contributed by atoms with Gasteiger partial charge in [0.2, 0.25) is 0 Å². The second-order valence-electron chi connectivity index (χ2n) is 5.70. The number of rotatable bonds is 3. The smallest absolute Gasteiger partial charge is 0.0547 e. The summed E-state index contributed by atoms with van der Waals surface area (Å²) in [6, 6.07) is 8.38. The lowest BCUT2D eigenvalue weighted by molar-refractivity contribution is 0.247. The predicted molar refractivity (Wildman–Crippen MR) is 85.4 cm³/mol. The normalized spacial score (nSPS) is 16.2. The summed E-state index contributed by atoms with van der Waals surface area (Å²) in [6.45, 7) is 9.42. The van der Waals surface area contributed by atoms with Gasteiger partial charge in [-0.05, 0) is 37.6 Å². The minimum absolute atomic E-state index is 0.949. The highest BCUT2D eigenvalue weighted by Gasteiger charge is 2.18. The standard InChI is InChI=1S/C17H22N4/c1-14-12-18-7-6-17(14)21-10-8-20(9-11-21)13-16-5-3-4-15(2)19-16/h3-7,12H,8-11,13H2,1-2H3. The lowest BCUT2D eigenvalue weighted by Crippen LogP contribution is -2.46. The molecular weight excluding hydrogens is 260 g/mol. The number of hydrogen-bond donors (Lipinski definition) is 0. The predicted octanol–water partition coefficient (Wildman–Crippen LogP) is 2.42. The van der Waals surface area contributed by atoms with Crippen LogP contribution in [-0.4, -0.2) is 41.0 Å². The minimum Gasteiger partial charge on any atom is -0.369 e. The third-order valence-electron chi connectivity index (χ3n) is 4.04. The van der Waals surface area contributed by atoms with Gasteiger partial charge in [-0.1, -0.05) is 6.07 Å². The van der Waals surface area contributed by atoms with Gasteiger partial charge in [-0.2, -0.15) is 0 Å². The number of nitrogens with zero attached hydrogens (tertiary/aromatic N) is 4. The second-order valence-corrected chi connectivity index (χ2v) is 5.70. The first kappa shape index (κ1) is 14.0. The summed E-state index contributed by atoms with van der Waals surface area (Å²) >= 11 is 0. The molecule has 4 heteroatoms. The number of aromatic nitrogens is 2. The molecule has 3 rings (SSSR count). The van der Waals surface area contributed by atoms with Gasteiger partial charge in [-0.25, -0.2) is 0 Å². The summed E-state index contributed by atoms with van der Waals surface area (Å²) < 4.78 is 0. The Balaban J connectivity index is 1.59. The second kappa shape index (κ2) is 6.22. The first-order valence-electron chi connectivity index (χ1n) is 7.53. The van der Waals surface area contributed by atoms with Gasteiger partial charge in [0.15, 0.2) is 0 Å². The molecule has 1 saturated heterocycles. The third kappa shape index (κ3) is 3.39. The summed E-state index contributed by atoms with van der Waals surface area (Å²) in [4.78, 5) is 13.7. The SMILES string of the molecule is Cc1cccc(CN2CCN(c3ccncc3C)CC2)n1. The van der Waals surface area contributed by atoms with E-state index in [2.05, 4.69) is 44.9 Å². The van der Waals surface area contributed by atoms with Crippen LogP contribution in [-0.2, 0) is 6.54 Å². The molecule has 0 unspecified atom stereocenters. The Morgan fingerprint density at radius 1 is 1.05 bits per heavy atom. The van der Waals surface area contributed by atoms with E-state index < -0.39 is 0 Å². The molecule has 0 saturated carbocycles. The molecule has 4 nitrogen and oxygen atoms in total. The van der Waals surface area contributed by atoms with Crippen molar-refractivity contribution >= 4 is 5.69 Å². The molecule has 2 aromatic rings. The van der Waals surface area contributed by atoms with Crippen molar-refractivity contribution in [2.45, 2.75) is 20.4 Å². The topological polar surface area (TPSA) is 32.3 Å². The summed E-state index contributed by atoms with van der Waals surface area (Å²) in [6.07, 6.45) is 3.82. The van der Waals surface area contributed by atoms with Gasteiger partial charge in [-0.3, -0.25) is 14.9 Å². The Morgan fingerprint density at radius 3 is 2.57 bits per heavy atom. The van der Waals surface area contributed by atoms with E-state index in [-0.39, 0.29) is 0 Å². The molecule has 2 aromatic heterocycles. The van der Waals surface area contributed by atoms with Crippen molar-refractivity contribution in [2.24, 2.45) is 0 Å². The quantitative estimate of drug-likeness (QED) is 0.865. The molecule has 110 valence electrons. The van der Waals surface area contributed by atoms with Gasteiger partial charge in [0.25, 0.3) is 0 Å². The third-order valence-corrected chi connectivity index (χ3v) is 4.04. The fourth-order valence-electron chi connectivity index (χ4n) is 2.88. The molecule has 1 aliphatic rings. The van der Waals surface area contributed by atoms with E-state index in [1.807, 2.05) is 25.4 Å². The monoisotopic (exact) mass is 282 g/mol. The van der Waals surface area contributed by atoms with Gasteiger partial charge < -0.3 is 4.90 Å². The molecule has 1 fully saturated rings. The van der Waals surface area contributed by atoms with Gasteiger partial charge >= 0.3 is 0 Å². The molecule has 0 atom stereocenters. The molecular formula is C17H22N4. The number of anilines is 1. The molecule has 3 heterocycles. The maximum Gasteiger partial charge on any atom is 0.0547 e. The molecule has 0 spiro atoms. The molecule has 21 heavy (non-hydrogen) atoms. The molecule has 0 amide bonds. The van der Waals surface area contributed by atoms with Gasteiger partial charge in [0.1, 0.15) is 0 Å². The van der Waals surface area contributed by atoms with Crippen LogP contribution in [0.4, 0.5) is 5.69 Å². The first-order chi connectivity index (χ1) is 10.2. The van der Waals surface area contributed by atoms with E-state index in [1.54, 1.807) is 0 Å². The van der Waals surface area contributed by atoms with E-state index in [1.165, 1.54) is 16.9 Å². The zero-order valence-electron chi connectivity index (χ0n) is 12.8. The van der Waals surface area contributed by atoms with Crippen molar-refractivity contribution in [3.05, 3.63) is 53.6 Å². The minimum atomic E-state index is 0.949. The number of aryl methyl sites for hydroxylation is 2. The average molecular weight is 282 g/mol. The van der Waals surface area contributed by atoms with Crippen molar-refractivity contribution in [1.82, 2.24) is 14.9 Å². The van der Waals surface area contributed by atoms with Crippen molar-refractivity contribution in [3.63, 3.8) is 0 Å². The summed E-state index contributed by atoms with van der Waals surface area (Å²) in [7, 11) is 0. The lowest BCUT2D eigenvalue weighted by atomic mass is 10.2. The summed E-state index contributed by atoms with van der Waals surface area (Å²) in [5.41, 5.74) is 4.84. The Labute approximate surface area is 126 Å². The van der Waals surface area contributed by atoms with Crippen LogP contribution in [0.2, 0.25) is 0 Å². The number of pyridine rings is 2. The molecule has 0 bridgehead atoms. The van der Waals surface area contributed by atoms with Crippen LogP contribution in [0.1, 0.15) is 17.0 Å². The van der Waals surface area contributed by atoms with E-state index in [9.17, 15) is 0 Å². The number of hydrogen-bond acceptors (Lipinski definition) is 4. The van der Waals surface area contributed by atoms with Crippen LogP contribution >= 0.6 is 0 Å². The molecule has 0 aromatic carbocycles. The van der Waals surface area contributed by atoms with Crippen LogP contribution in [0.5, 0.6) is 0 Å². The Morgan fingerprint density at radius 2 is 1.86 bits per heavy atom. The molecule has 0 aliphatic carbocycles. The average Bonchev–Trinajstić information content (AvgIpc) is 2.49. The van der Waals surface area contributed by atoms with Gasteiger partial charge in [0.05, 0.1) is 5.69 Å². The fraction of sp³-hybridized carbons (Fsp3) is 0.412. The Bertz CT molecular complexity index is 603. The van der Waals surface area contributed by atoms with Crippen molar-refractivity contribution in [1.29, 1.82) is 0 Å². The highest BCUT2D eigenvalue weighted by atomic mass is 15.3. The van der Waals surface area contributed by atoms with Crippen LogP contribution < -0.4 is 4.90 Å². The zero-order chi connectivity index (χ0) is 14.7. The maximum atomic E-state index is 4.60.